The summed E-state index contributed by atoms with van der Waals surface area (Å²) in [6, 6.07) is -0.161. The molecule has 0 bridgehead atoms. The fourth-order valence-electron chi connectivity index (χ4n) is 1.48. The summed E-state index contributed by atoms with van der Waals surface area (Å²) in [5.41, 5.74) is 0.670. The fourth-order valence-corrected chi connectivity index (χ4v) is 1.48. The van der Waals surface area contributed by atoms with Gasteiger partial charge in [0.05, 0.1) is 5.69 Å². The van der Waals surface area contributed by atoms with Crippen LogP contribution in [0.25, 0.3) is 0 Å². The number of amides is 2. The predicted molar refractivity (Wildman–Crippen MR) is 66.0 cm³/mol. The second kappa shape index (κ2) is 5.21. The molecule has 0 aliphatic carbocycles. The van der Waals surface area contributed by atoms with Crippen molar-refractivity contribution >= 4 is 6.03 Å². The Labute approximate surface area is 102 Å². The number of nitrogens with zero attached hydrogens (tertiary/aromatic N) is 1. The van der Waals surface area contributed by atoms with Crippen LogP contribution in [-0.2, 0) is 6.42 Å². The molecular weight excluding hydrogens is 218 g/mol. The largest absolute Gasteiger partial charge is 0.446 e. The Morgan fingerprint density at radius 1 is 1.35 bits per heavy atom. The number of carbonyl (C=O) groups excluding carboxylic acids is 1. The zero-order valence-corrected chi connectivity index (χ0v) is 11.2. The van der Waals surface area contributed by atoms with Crippen LogP contribution in [0.15, 0.2) is 4.42 Å². The molecule has 96 valence electrons. The first-order valence-corrected chi connectivity index (χ1v) is 5.77. The number of hydrogen-bond donors (Lipinski definition) is 2. The van der Waals surface area contributed by atoms with Crippen molar-refractivity contribution in [1.82, 2.24) is 15.6 Å². The van der Waals surface area contributed by atoms with E-state index < -0.39 is 0 Å². The van der Waals surface area contributed by atoms with E-state index >= 15 is 0 Å². The first kappa shape index (κ1) is 13.5. The maximum atomic E-state index is 11.5. The highest BCUT2D eigenvalue weighted by atomic mass is 16.4. The molecule has 0 atom stereocenters. The first-order chi connectivity index (χ1) is 7.78. The van der Waals surface area contributed by atoms with Gasteiger partial charge >= 0.3 is 6.03 Å². The molecule has 0 aromatic carbocycles. The van der Waals surface area contributed by atoms with Gasteiger partial charge < -0.3 is 15.1 Å². The summed E-state index contributed by atoms with van der Waals surface area (Å²) in [5.74, 6) is 1.50. The summed E-state index contributed by atoms with van der Waals surface area (Å²) in [5, 5.41) is 5.62. The highest BCUT2D eigenvalue weighted by molar-refractivity contribution is 5.74. The first-order valence-electron chi connectivity index (χ1n) is 5.77. The summed E-state index contributed by atoms with van der Waals surface area (Å²) >= 11 is 0. The lowest BCUT2D eigenvalue weighted by Gasteiger charge is -2.20. The van der Waals surface area contributed by atoms with Gasteiger partial charge in [-0.15, -0.1) is 0 Å². The smallest absolute Gasteiger partial charge is 0.315 e. The highest BCUT2D eigenvalue weighted by Gasteiger charge is 2.13. The molecule has 5 heteroatoms. The summed E-state index contributed by atoms with van der Waals surface area (Å²) in [7, 11) is 0. The average Bonchev–Trinajstić information content (AvgIpc) is 2.42. The molecule has 0 fully saturated rings. The molecule has 1 heterocycles. The van der Waals surface area contributed by atoms with Crippen LogP contribution in [0.1, 0.15) is 38.1 Å². The zero-order valence-electron chi connectivity index (χ0n) is 11.2. The van der Waals surface area contributed by atoms with E-state index in [0.717, 1.165) is 11.5 Å². The normalized spacial score (nSPS) is 11.4. The van der Waals surface area contributed by atoms with Gasteiger partial charge in [-0.1, -0.05) is 0 Å². The van der Waals surface area contributed by atoms with E-state index in [1.807, 2.05) is 34.6 Å². The van der Waals surface area contributed by atoms with Crippen molar-refractivity contribution in [2.24, 2.45) is 0 Å². The van der Waals surface area contributed by atoms with Crippen molar-refractivity contribution < 1.29 is 9.21 Å². The summed E-state index contributed by atoms with van der Waals surface area (Å²) in [6.45, 7) is 10.1. The lowest BCUT2D eigenvalue weighted by molar-refractivity contribution is 0.232. The Hall–Kier alpha value is -1.52. The Morgan fingerprint density at radius 2 is 2.00 bits per heavy atom. The highest BCUT2D eigenvalue weighted by Crippen LogP contribution is 2.09. The molecule has 0 saturated heterocycles. The van der Waals surface area contributed by atoms with E-state index in [1.165, 1.54) is 0 Å². The Balaban J connectivity index is 2.33. The minimum Gasteiger partial charge on any atom is -0.446 e. The third-order valence-corrected chi connectivity index (χ3v) is 2.13. The number of rotatable bonds is 3. The van der Waals surface area contributed by atoms with Crippen LogP contribution in [0.4, 0.5) is 4.79 Å². The topological polar surface area (TPSA) is 67.2 Å². The lowest BCUT2D eigenvalue weighted by Crippen LogP contribution is -2.46. The molecule has 0 aliphatic heterocycles. The van der Waals surface area contributed by atoms with Crippen molar-refractivity contribution in [3.05, 3.63) is 17.3 Å². The van der Waals surface area contributed by atoms with E-state index in [1.54, 1.807) is 0 Å². The van der Waals surface area contributed by atoms with Gasteiger partial charge in [-0.05, 0) is 27.7 Å². The molecule has 1 aromatic rings. The maximum absolute atomic E-state index is 11.5. The van der Waals surface area contributed by atoms with Crippen molar-refractivity contribution in [2.75, 3.05) is 6.54 Å². The standard InChI is InChI=1S/C12H21N3O2/c1-8-10(17-9(2)14-8)6-7-13-11(16)15-12(3,4)5/h6-7H2,1-5H3,(H2,13,15,16). The third kappa shape index (κ3) is 4.89. The minimum absolute atomic E-state index is 0.161. The van der Waals surface area contributed by atoms with Crippen molar-refractivity contribution in [3.8, 4) is 0 Å². The van der Waals surface area contributed by atoms with Gasteiger partial charge in [0, 0.05) is 25.4 Å². The molecule has 5 nitrogen and oxygen atoms in total. The van der Waals surface area contributed by atoms with Crippen LogP contribution >= 0.6 is 0 Å². The SMILES string of the molecule is Cc1nc(C)c(CCNC(=O)NC(C)(C)C)o1. The second-order valence-corrected chi connectivity index (χ2v) is 5.12. The van der Waals surface area contributed by atoms with E-state index in [4.69, 9.17) is 4.42 Å². The molecule has 1 aromatic heterocycles. The molecule has 2 amide bonds. The molecule has 0 spiro atoms. The van der Waals surface area contributed by atoms with Crippen LogP contribution in [0.3, 0.4) is 0 Å². The van der Waals surface area contributed by atoms with E-state index in [9.17, 15) is 4.79 Å². The predicted octanol–water partition coefficient (Wildman–Crippen LogP) is 1.93. The van der Waals surface area contributed by atoms with Crippen molar-refractivity contribution in [1.29, 1.82) is 0 Å². The van der Waals surface area contributed by atoms with E-state index in [-0.39, 0.29) is 11.6 Å². The monoisotopic (exact) mass is 239 g/mol. The Bertz CT molecular complexity index is 391. The molecule has 1 rings (SSSR count). The van der Waals surface area contributed by atoms with E-state index in [2.05, 4.69) is 15.6 Å². The van der Waals surface area contributed by atoms with Crippen molar-refractivity contribution in [2.45, 2.75) is 46.6 Å². The molecular formula is C12H21N3O2. The van der Waals surface area contributed by atoms with Gasteiger partial charge in [-0.2, -0.15) is 0 Å². The van der Waals surface area contributed by atoms with Crippen LogP contribution < -0.4 is 10.6 Å². The second-order valence-electron chi connectivity index (χ2n) is 5.12. The molecule has 0 unspecified atom stereocenters. The van der Waals surface area contributed by atoms with Gasteiger partial charge in [0.25, 0.3) is 0 Å². The van der Waals surface area contributed by atoms with Crippen LogP contribution in [0, 0.1) is 13.8 Å². The number of oxazole rings is 1. The van der Waals surface area contributed by atoms with Gasteiger partial charge in [-0.3, -0.25) is 0 Å². The maximum Gasteiger partial charge on any atom is 0.315 e. The zero-order chi connectivity index (χ0) is 13.1. The number of nitrogens with one attached hydrogen (secondary N) is 2. The summed E-state index contributed by atoms with van der Waals surface area (Å²) < 4.78 is 5.41. The van der Waals surface area contributed by atoms with Gasteiger partial charge in [0.15, 0.2) is 5.89 Å². The van der Waals surface area contributed by atoms with Crippen molar-refractivity contribution in [3.63, 3.8) is 0 Å². The van der Waals surface area contributed by atoms with Gasteiger partial charge in [0.1, 0.15) is 5.76 Å². The van der Waals surface area contributed by atoms with Crippen LogP contribution in [0.2, 0.25) is 0 Å². The quantitative estimate of drug-likeness (QED) is 0.847. The lowest BCUT2D eigenvalue weighted by atomic mass is 10.1. The summed E-state index contributed by atoms with van der Waals surface area (Å²) in [6.07, 6.45) is 0.657. The van der Waals surface area contributed by atoms with E-state index in [0.29, 0.717) is 18.9 Å². The summed E-state index contributed by atoms with van der Waals surface area (Å²) in [4.78, 5) is 15.6. The third-order valence-electron chi connectivity index (χ3n) is 2.13. The van der Waals surface area contributed by atoms with Crippen LogP contribution in [0.5, 0.6) is 0 Å². The number of carbonyl (C=O) groups is 1. The average molecular weight is 239 g/mol. The number of aromatic nitrogens is 1. The molecule has 2 N–H and O–H groups in total. The molecule has 17 heavy (non-hydrogen) atoms. The molecule has 0 radical (unpaired) electrons. The Kier molecular flexibility index (Phi) is 4.15. The van der Waals surface area contributed by atoms with Crippen LogP contribution in [-0.4, -0.2) is 23.1 Å². The molecule has 0 saturated carbocycles. The fraction of sp³-hybridized carbons (Fsp3) is 0.667. The Morgan fingerprint density at radius 3 is 2.47 bits per heavy atom. The number of urea groups is 1. The molecule has 0 aliphatic rings. The minimum atomic E-state index is -0.219. The number of hydrogen-bond acceptors (Lipinski definition) is 3. The van der Waals surface area contributed by atoms with Gasteiger partial charge in [0.2, 0.25) is 0 Å². The van der Waals surface area contributed by atoms with Gasteiger partial charge in [-0.25, -0.2) is 9.78 Å². The number of aryl methyl sites for hydroxylation is 2.